The van der Waals surface area contributed by atoms with E-state index in [1.54, 1.807) is 0 Å². The van der Waals surface area contributed by atoms with Gasteiger partial charge in [-0.25, -0.2) is 0 Å². The average Bonchev–Trinajstić information content (AvgIpc) is 2.03. The summed E-state index contributed by atoms with van der Waals surface area (Å²) in [7, 11) is 0. The molecule has 0 radical (unpaired) electrons. The third-order valence-corrected chi connectivity index (χ3v) is 2.27. The highest BCUT2D eigenvalue weighted by Gasteiger charge is 2.09. The van der Waals surface area contributed by atoms with Crippen molar-refractivity contribution in [3.8, 4) is 0 Å². The lowest BCUT2D eigenvalue weighted by molar-refractivity contribution is 0.917. The lowest BCUT2D eigenvalue weighted by atomic mass is 10.0. The standard InChI is InChI=1S/C11H13N/c1-8-3-5-10-6-4-9(2)12-11(10)7-8/h3,5,7,12H,2,4,6H2,1H3. The number of aryl methyl sites for hydroxylation is 2. The number of anilines is 1. The molecule has 1 aliphatic rings. The van der Waals surface area contributed by atoms with Crippen LogP contribution in [0.25, 0.3) is 0 Å². The van der Waals surface area contributed by atoms with Crippen molar-refractivity contribution in [2.75, 3.05) is 5.32 Å². The van der Waals surface area contributed by atoms with E-state index in [9.17, 15) is 0 Å². The predicted molar refractivity (Wildman–Crippen MR) is 52.3 cm³/mol. The Bertz CT molecular complexity index is 326. The molecule has 1 heterocycles. The smallest absolute Gasteiger partial charge is 0.0416 e. The number of allylic oxidation sites excluding steroid dienone is 1. The van der Waals surface area contributed by atoms with Crippen LogP contribution in [0.2, 0.25) is 0 Å². The third kappa shape index (κ3) is 1.22. The minimum atomic E-state index is 1.07. The Kier molecular flexibility index (Phi) is 1.65. The molecule has 0 spiro atoms. The largest absolute Gasteiger partial charge is 0.359 e. The van der Waals surface area contributed by atoms with Crippen molar-refractivity contribution < 1.29 is 0 Å². The van der Waals surface area contributed by atoms with Crippen LogP contribution in [0.1, 0.15) is 17.5 Å². The molecule has 0 bridgehead atoms. The van der Waals surface area contributed by atoms with Gasteiger partial charge in [-0.05, 0) is 37.0 Å². The highest BCUT2D eigenvalue weighted by molar-refractivity contribution is 5.58. The molecule has 1 nitrogen and oxygen atoms in total. The summed E-state index contributed by atoms with van der Waals surface area (Å²) in [5, 5.41) is 3.31. The summed E-state index contributed by atoms with van der Waals surface area (Å²) in [6, 6.07) is 6.54. The Labute approximate surface area is 73.1 Å². The van der Waals surface area contributed by atoms with Gasteiger partial charge in [-0.2, -0.15) is 0 Å². The van der Waals surface area contributed by atoms with Crippen LogP contribution in [0.15, 0.2) is 30.5 Å². The van der Waals surface area contributed by atoms with E-state index in [1.807, 2.05) is 0 Å². The molecule has 0 atom stereocenters. The fraction of sp³-hybridized carbons (Fsp3) is 0.273. The van der Waals surface area contributed by atoms with Crippen molar-refractivity contribution in [3.63, 3.8) is 0 Å². The molecular weight excluding hydrogens is 146 g/mol. The van der Waals surface area contributed by atoms with Crippen LogP contribution in [-0.2, 0) is 6.42 Å². The van der Waals surface area contributed by atoms with Gasteiger partial charge in [-0.15, -0.1) is 0 Å². The summed E-state index contributed by atoms with van der Waals surface area (Å²) in [5.74, 6) is 0. The first kappa shape index (κ1) is 7.41. The molecule has 1 aromatic rings. The number of fused-ring (bicyclic) bond motifs is 1. The molecule has 0 fully saturated rings. The van der Waals surface area contributed by atoms with Gasteiger partial charge in [0.1, 0.15) is 0 Å². The topological polar surface area (TPSA) is 12.0 Å². The Hall–Kier alpha value is -1.24. The second-order valence-corrected chi connectivity index (χ2v) is 3.39. The number of nitrogens with one attached hydrogen (secondary N) is 1. The Morgan fingerprint density at radius 1 is 1.33 bits per heavy atom. The molecule has 0 unspecified atom stereocenters. The van der Waals surface area contributed by atoms with Gasteiger partial charge in [-0.1, -0.05) is 18.7 Å². The minimum Gasteiger partial charge on any atom is -0.359 e. The van der Waals surface area contributed by atoms with E-state index < -0.39 is 0 Å². The van der Waals surface area contributed by atoms with E-state index in [1.165, 1.54) is 16.8 Å². The lowest BCUT2D eigenvalue weighted by Gasteiger charge is -2.20. The molecule has 1 N–H and O–H groups in total. The van der Waals surface area contributed by atoms with E-state index in [0.717, 1.165) is 18.5 Å². The first-order chi connectivity index (χ1) is 5.75. The quantitative estimate of drug-likeness (QED) is 0.613. The first-order valence-electron chi connectivity index (χ1n) is 4.30. The van der Waals surface area contributed by atoms with Crippen LogP contribution < -0.4 is 5.32 Å². The summed E-state index contributed by atoms with van der Waals surface area (Å²) in [5.41, 5.74) is 5.09. The lowest BCUT2D eigenvalue weighted by Crippen LogP contribution is -2.08. The second kappa shape index (κ2) is 2.67. The van der Waals surface area contributed by atoms with Gasteiger partial charge in [0.2, 0.25) is 0 Å². The molecule has 62 valence electrons. The van der Waals surface area contributed by atoms with Crippen molar-refractivity contribution >= 4 is 5.69 Å². The maximum atomic E-state index is 3.93. The van der Waals surface area contributed by atoms with Gasteiger partial charge in [0.25, 0.3) is 0 Å². The predicted octanol–water partition coefficient (Wildman–Crippen LogP) is 2.87. The van der Waals surface area contributed by atoms with Crippen molar-refractivity contribution in [3.05, 3.63) is 41.6 Å². The Balaban J connectivity index is 2.44. The molecule has 0 saturated heterocycles. The van der Waals surface area contributed by atoms with Gasteiger partial charge in [0.05, 0.1) is 0 Å². The molecule has 1 heteroatoms. The minimum absolute atomic E-state index is 1.07. The molecule has 0 amide bonds. The van der Waals surface area contributed by atoms with Crippen LogP contribution in [-0.4, -0.2) is 0 Å². The summed E-state index contributed by atoms with van der Waals surface area (Å²) < 4.78 is 0. The van der Waals surface area contributed by atoms with Gasteiger partial charge < -0.3 is 5.32 Å². The van der Waals surface area contributed by atoms with Gasteiger partial charge in [-0.3, -0.25) is 0 Å². The molecule has 0 aromatic heterocycles. The first-order valence-corrected chi connectivity index (χ1v) is 4.30. The maximum Gasteiger partial charge on any atom is 0.0416 e. The summed E-state index contributed by atoms with van der Waals surface area (Å²) >= 11 is 0. The van der Waals surface area contributed by atoms with Crippen LogP contribution in [0.3, 0.4) is 0 Å². The summed E-state index contributed by atoms with van der Waals surface area (Å²) in [6.07, 6.45) is 2.19. The SMILES string of the molecule is C=C1CCc2ccc(C)cc2N1. The van der Waals surface area contributed by atoms with E-state index in [0.29, 0.717) is 0 Å². The van der Waals surface area contributed by atoms with Crippen LogP contribution in [0.4, 0.5) is 5.69 Å². The zero-order valence-corrected chi connectivity index (χ0v) is 7.35. The van der Waals surface area contributed by atoms with E-state index in [-0.39, 0.29) is 0 Å². The molecule has 0 saturated carbocycles. The van der Waals surface area contributed by atoms with E-state index >= 15 is 0 Å². The summed E-state index contributed by atoms with van der Waals surface area (Å²) in [6.45, 7) is 6.04. The fourth-order valence-electron chi connectivity index (χ4n) is 1.56. The van der Waals surface area contributed by atoms with Gasteiger partial charge in [0.15, 0.2) is 0 Å². The number of hydrogen-bond donors (Lipinski definition) is 1. The maximum absolute atomic E-state index is 3.93. The molecular formula is C11H13N. The van der Waals surface area contributed by atoms with E-state index in [2.05, 4.69) is 37.0 Å². The monoisotopic (exact) mass is 159 g/mol. The van der Waals surface area contributed by atoms with Crippen molar-refractivity contribution in [1.29, 1.82) is 0 Å². The number of benzene rings is 1. The van der Waals surface area contributed by atoms with Crippen LogP contribution in [0, 0.1) is 6.92 Å². The highest BCUT2D eigenvalue weighted by Crippen LogP contribution is 2.26. The molecule has 2 rings (SSSR count). The average molecular weight is 159 g/mol. The molecule has 0 aliphatic carbocycles. The van der Waals surface area contributed by atoms with Gasteiger partial charge >= 0.3 is 0 Å². The zero-order valence-electron chi connectivity index (χ0n) is 7.35. The van der Waals surface area contributed by atoms with Gasteiger partial charge in [0, 0.05) is 11.4 Å². The van der Waals surface area contributed by atoms with Crippen molar-refractivity contribution in [1.82, 2.24) is 0 Å². The molecule has 1 aromatic carbocycles. The summed E-state index contributed by atoms with van der Waals surface area (Å²) in [4.78, 5) is 0. The van der Waals surface area contributed by atoms with Crippen LogP contribution >= 0.6 is 0 Å². The molecule has 12 heavy (non-hydrogen) atoms. The van der Waals surface area contributed by atoms with Crippen molar-refractivity contribution in [2.24, 2.45) is 0 Å². The zero-order chi connectivity index (χ0) is 8.55. The van der Waals surface area contributed by atoms with Crippen molar-refractivity contribution in [2.45, 2.75) is 19.8 Å². The molecule has 1 aliphatic heterocycles. The number of rotatable bonds is 0. The second-order valence-electron chi connectivity index (χ2n) is 3.39. The normalized spacial score (nSPS) is 15.2. The number of hydrogen-bond acceptors (Lipinski definition) is 1. The third-order valence-electron chi connectivity index (χ3n) is 2.27. The van der Waals surface area contributed by atoms with Crippen LogP contribution in [0.5, 0.6) is 0 Å². The highest BCUT2D eigenvalue weighted by atomic mass is 14.9. The Morgan fingerprint density at radius 3 is 3.00 bits per heavy atom. The van der Waals surface area contributed by atoms with E-state index in [4.69, 9.17) is 0 Å². The Morgan fingerprint density at radius 2 is 2.17 bits per heavy atom. The fourth-order valence-corrected chi connectivity index (χ4v) is 1.56.